The number of fused-ring (bicyclic) bond motifs is 2. The lowest BCUT2D eigenvalue weighted by molar-refractivity contribution is -0.108. The molecule has 0 aliphatic carbocycles. The first kappa shape index (κ1) is 25.3. The predicted molar refractivity (Wildman–Crippen MR) is 169 cm³/mol. The molecule has 0 saturated carbocycles. The second-order valence-corrected chi connectivity index (χ2v) is 10.1. The Balaban J connectivity index is 1.47. The Bertz CT molecular complexity index is 1710. The minimum absolute atomic E-state index is 0.0393. The number of Topliss-reactive ketones (excluding diaryl/α,β-unsaturated/α-hetero) is 1. The number of ketones is 1. The molecule has 0 heterocycles. The Labute approximate surface area is 235 Å². The number of hydrogen-bond donors (Lipinski definition) is 0. The van der Waals surface area contributed by atoms with Crippen LogP contribution in [0.25, 0.3) is 32.7 Å². The van der Waals surface area contributed by atoms with E-state index >= 15 is 0 Å². The monoisotopic (exact) mass is 514 g/mol. The summed E-state index contributed by atoms with van der Waals surface area (Å²) in [6.07, 6.45) is 5.55. The Morgan fingerprint density at radius 1 is 0.425 bits per heavy atom. The SMILES string of the molecule is O=C(C(=CCc1ccccc1)c1ccc2ccccc2c1)C(=CCc1ccccc1)c1ccc2ccccc2c1. The largest absolute Gasteiger partial charge is 0.289 e. The molecule has 0 atom stereocenters. The summed E-state index contributed by atoms with van der Waals surface area (Å²) in [6, 6.07) is 49.9. The van der Waals surface area contributed by atoms with E-state index in [2.05, 4.69) is 97.1 Å². The van der Waals surface area contributed by atoms with Crippen molar-refractivity contribution in [3.05, 3.63) is 180 Å². The molecule has 0 N–H and O–H groups in total. The molecule has 1 nitrogen and oxygen atoms in total. The normalized spacial score (nSPS) is 12.1. The van der Waals surface area contributed by atoms with Gasteiger partial charge in [-0.15, -0.1) is 0 Å². The lowest BCUT2D eigenvalue weighted by Gasteiger charge is -2.14. The van der Waals surface area contributed by atoms with Crippen molar-refractivity contribution in [3.8, 4) is 0 Å². The van der Waals surface area contributed by atoms with Crippen molar-refractivity contribution in [1.29, 1.82) is 0 Å². The molecule has 6 rings (SSSR count). The molecule has 0 amide bonds. The van der Waals surface area contributed by atoms with Crippen molar-refractivity contribution in [1.82, 2.24) is 0 Å². The Morgan fingerprint density at radius 3 is 1.23 bits per heavy atom. The summed E-state index contributed by atoms with van der Waals surface area (Å²) in [6.45, 7) is 0. The van der Waals surface area contributed by atoms with E-state index in [-0.39, 0.29) is 5.78 Å². The molecule has 6 aromatic carbocycles. The summed E-state index contributed by atoms with van der Waals surface area (Å²) >= 11 is 0. The molecule has 1 heteroatoms. The van der Waals surface area contributed by atoms with E-state index in [1.807, 2.05) is 60.7 Å². The zero-order valence-corrected chi connectivity index (χ0v) is 22.3. The number of hydrogen-bond acceptors (Lipinski definition) is 1. The summed E-state index contributed by atoms with van der Waals surface area (Å²) in [4.78, 5) is 14.6. The zero-order valence-electron chi connectivity index (χ0n) is 22.3. The molecule has 0 unspecified atom stereocenters. The van der Waals surface area contributed by atoms with Crippen LogP contribution in [0.3, 0.4) is 0 Å². The molecule has 0 radical (unpaired) electrons. The highest BCUT2D eigenvalue weighted by atomic mass is 16.1. The lowest BCUT2D eigenvalue weighted by Crippen LogP contribution is -2.07. The summed E-state index contributed by atoms with van der Waals surface area (Å²) in [7, 11) is 0. The van der Waals surface area contributed by atoms with Crippen molar-refractivity contribution >= 4 is 38.5 Å². The highest BCUT2D eigenvalue weighted by molar-refractivity contribution is 6.42. The van der Waals surface area contributed by atoms with Gasteiger partial charge in [0.05, 0.1) is 0 Å². The second kappa shape index (κ2) is 11.8. The van der Waals surface area contributed by atoms with Crippen molar-refractivity contribution in [3.63, 3.8) is 0 Å². The summed E-state index contributed by atoms with van der Waals surface area (Å²) in [5.41, 5.74) is 5.67. The first-order valence-electron chi connectivity index (χ1n) is 13.8. The molecule has 0 bridgehead atoms. The fourth-order valence-corrected chi connectivity index (χ4v) is 5.21. The van der Waals surface area contributed by atoms with Crippen LogP contribution in [0.1, 0.15) is 22.3 Å². The number of carbonyl (C=O) groups is 1. The van der Waals surface area contributed by atoms with Gasteiger partial charge in [0.15, 0.2) is 5.78 Å². The summed E-state index contributed by atoms with van der Waals surface area (Å²) in [5, 5.41) is 4.57. The highest BCUT2D eigenvalue weighted by Gasteiger charge is 2.19. The van der Waals surface area contributed by atoms with Crippen LogP contribution in [0.15, 0.2) is 158 Å². The van der Waals surface area contributed by atoms with Gasteiger partial charge in [0.25, 0.3) is 0 Å². The van der Waals surface area contributed by atoms with Crippen molar-refractivity contribution < 1.29 is 4.79 Å². The number of benzene rings is 6. The van der Waals surface area contributed by atoms with E-state index < -0.39 is 0 Å². The third-order valence-electron chi connectivity index (χ3n) is 7.38. The first-order chi connectivity index (χ1) is 19.7. The molecule has 0 fully saturated rings. The van der Waals surface area contributed by atoms with E-state index in [4.69, 9.17) is 0 Å². The van der Waals surface area contributed by atoms with Crippen LogP contribution in [-0.4, -0.2) is 5.78 Å². The highest BCUT2D eigenvalue weighted by Crippen LogP contribution is 2.30. The average molecular weight is 515 g/mol. The van der Waals surface area contributed by atoms with Crippen molar-refractivity contribution in [2.45, 2.75) is 12.8 Å². The molecule has 0 aromatic heterocycles. The number of allylic oxidation sites excluding steroid dienone is 4. The fraction of sp³-hybridized carbons (Fsp3) is 0.0513. The van der Waals surface area contributed by atoms with Gasteiger partial charge < -0.3 is 0 Å². The molecule has 0 aliphatic heterocycles. The topological polar surface area (TPSA) is 17.1 Å². The molecule has 0 aliphatic rings. The van der Waals surface area contributed by atoms with Crippen LogP contribution in [0.5, 0.6) is 0 Å². The lowest BCUT2D eigenvalue weighted by atomic mass is 9.88. The van der Waals surface area contributed by atoms with Gasteiger partial charge in [-0.2, -0.15) is 0 Å². The van der Waals surface area contributed by atoms with Crippen LogP contribution in [0.2, 0.25) is 0 Å². The van der Waals surface area contributed by atoms with Crippen LogP contribution >= 0.6 is 0 Å². The Morgan fingerprint density at radius 2 is 0.800 bits per heavy atom. The third kappa shape index (κ3) is 5.70. The standard InChI is InChI=1S/C39H30O/c40-39(37(25-19-29-11-3-1-4-12-29)35-23-21-31-15-7-9-17-33(31)27-35)38(26-20-30-13-5-2-6-14-30)36-24-22-32-16-8-10-18-34(32)28-36/h1-18,21-28H,19-20H2. The molecule has 0 spiro atoms. The zero-order chi connectivity index (χ0) is 27.1. The third-order valence-corrected chi connectivity index (χ3v) is 7.38. The van der Waals surface area contributed by atoms with E-state index in [9.17, 15) is 4.79 Å². The van der Waals surface area contributed by atoms with Gasteiger partial charge in [-0.1, -0.05) is 146 Å². The molecule has 192 valence electrons. The Hall–Kier alpha value is -5.01. The maximum atomic E-state index is 14.6. The van der Waals surface area contributed by atoms with E-state index in [1.54, 1.807) is 0 Å². The van der Waals surface area contributed by atoms with Gasteiger partial charge in [0, 0.05) is 11.1 Å². The smallest absolute Gasteiger partial charge is 0.193 e. The molecular formula is C39H30O. The molecule has 0 saturated heterocycles. The molecule has 40 heavy (non-hydrogen) atoms. The van der Waals surface area contributed by atoms with Gasteiger partial charge in [0.2, 0.25) is 0 Å². The Kier molecular flexibility index (Phi) is 7.46. The minimum atomic E-state index is 0.0393. The van der Waals surface area contributed by atoms with Crippen molar-refractivity contribution in [2.75, 3.05) is 0 Å². The summed E-state index contributed by atoms with van der Waals surface area (Å²) < 4.78 is 0. The number of carbonyl (C=O) groups excluding carboxylic acids is 1. The van der Waals surface area contributed by atoms with Gasteiger partial charge in [-0.25, -0.2) is 0 Å². The van der Waals surface area contributed by atoms with Gasteiger partial charge in [-0.05, 0) is 68.8 Å². The van der Waals surface area contributed by atoms with Crippen molar-refractivity contribution in [2.24, 2.45) is 0 Å². The second-order valence-electron chi connectivity index (χ2n) is 10.1. The minimum Gasteiger partial charge on any atom is -0.289 e. The molecule has 6 aromatic rings. The summed E-state index contributed by atoms with van der Waals surface area (Å²) in [5.74, 6) is 0.0393. The van der Waals surface area contributed by atoms with Gasteiger partial charge in [0.1, 0.15) is 0 Å². The first-order valence-corrected chi connectivity index (χ1v) is 13.8. The van der Waals surface area contributed by atoms with Crippen LogP contribution in [0, 0.1) is 0 Å². The van der Waals surface area contributed by atoms with Crippen LogP contribution in [0.4, 0.5) is 0 Å². The average Bonchev–Trinajstić information content (AvgIpc) is 3.02. The van der Waals surface area contributed by atoms with Crippen LogP contribution in [-0.2, 0) is 17.6 Å². The van der Waals surface area contributed by atoms with Crippen LogP contribution < -0.4 is 0 Å². The quantitative estimate of drug-likeness (QED) is 0.185. The van der Waals surface area contributed by atoms with E-state index in [1.165, 1.54) is 11.1 Å². The van der Waals surface area contributed by atoms with E-state index in [0.29, 0.717) is 12.8 Å². The molecular weight excluding hydrogens is 484 g/mol. The fourth-order valence-electron chi connectivity index (χ4n) is 5.21. The maximum Gasteiger partial charge on any atom is 0.193 e. The van der Waals surface area contributed by atoms with Gasteiger partial charge in [-0.3, -0.25) is 4.79 Å². The van der Waals surface area contributed by atoms with E-state index in [0.717, 1.165) is 43.8 Å². The van der Waals surface area contributed by atoms with Gasteiger partial charge >= 0.3 is 0 Å². The predicted octanol–water partition coefficient (Wildman–Crippen LogP) is 9.51. The maximum absolute atomic E-state index is 14.6. The number of rotatable bonds is 8.